The molecule has 0 bridgehead atoms. The highest BCUT2D eigenvalue weighted by Gasteiger charge is 2.19. The van der Waals surface area contributed by atoms with Crippen LogP contribution in [-0.2, 0) is 16.1 Å². The number of aromatic nitrogens is 1. The Kier molecular flexibility index (Phi) is 7.10. The average molecular weight is 478 g/mol. The Morgan fingerprint density at radius 1 is 1.00 bits per heavy atom. The number of ether oxygens (including phenoxy) is 5. The summed E-state index contributed by atoms with van der Waals surface area (Å²) in [7, 11) is 3.10. The second-order valence-corrected chi connectivity index (χ2v) is 8.03. The molecule has 1 aliphatic rings. The van der Waals surface area contributed by atoms with Crippen LogP contribution < -0.4 is 18.9 Å². The quantitative estimate of drug-likeness (QED) is 0.257. The summed E-state index contributed by atoms with van der Waals surface area (Å²) >= 11 is 0. The molecule has 0 atom stereocenters. The number of ketones is 1. The van der Waals surface area contributed by atoms with Crippen LogP contribution in [0.2, 0.25) is 0 Å². The molecule has 0 unspecified atom stereocenters. The number of fused-ring (bicyclic) bond motifs is 1. The lowest BCUT2D eigenvalue weighted by Crippen LogP contribution is -2.14. The van der Waals surface area contributed by atoms with Gasteiger partial charge in [0, 0.05) is 41.2 Å². The lowest BCUT2D eigenvalue weighted by molar-refractivity contribution is -0.136. The van der Waals surface area contributed by atoms with Crippen molar-refractivity contribution in [3.05, 3.63) is 76.6 Å². The molecule has 0 amide bonds. The molecule has 0 radical (unpaired) electrons. The summed E-state index contributed by atoms with van der Waals surface area (Å²) in [5.41, 5.74) is 3.97. The van der Waals surface area contributed by atoms with Crippen molar-refractivity contribution in [1.29, 1.82) is 0 Å². The Bertz CT molecular complexity index is 1290. The summed E-state index contributed by atoms with van der Waals surface area (Å²) in [6.07, 6.45) is 2.84. The molecule has 0 fully saturated rings. The van der Waals surface area contributed by atoms with Crippen molar-refractivity contribution < 1.29 is 33.3 Å². The zero-order valence-corrected chi connectivity index (χ0v) is 20.1. The van der Waals surface area contributed by atoms with Crippen molar-refractivity contribution in [3.63, 3.8) is 0 Å². The van der Waals surface area contributed by atoms with Crippen LogP contribution in [0.4, 0.5) is 0 Å². The van der Waals surface area contributed by atoms with E-state index in [1.165, 1.54) is 13.2 Å². The number of methoxy groups -OCH3 is 2. The van der Waals surface area contributed by atoms with E-state index >= 15 is 0 Å². The van der Waals surface area contributed by atoms with Gasteiger partial charge in [0.2, 0.25) is 12.6 Å². The maximum absolute atomic E-state index is 12.8. The molecule has 2 aromatic carbocycles. The summed E-state index contributed by atoms with van der Waals surface area (Å²) in [4.78, 5) is 25.0. The first-order chi connectivity index (χ1) is 16.9. The summed E-state index contributed by atoms with van der Waals surface area (Å²) in [6, 6.07) is 12.9. The molecule has 0 N–H and O–H groups in total. The van der Waals surface area contributed by atoms with Crippen molar-refractivity contribution in [3.8, 4) is 23.0 Å². The highest BCUT2D eigenvalue weighted by molar-refractivity contribution is 6.00. The maximum atomic E-state index is 12.8. The molecule has 4 rings (SSSR count). The van der Waals surface area contributed by atoms with Crippen molar-refractivity contribution in [2.45, 2.75) is 20.4 Å². The normalized spacial score (nSPS) is 12.1. The molecular weight excluding hydrogens is 450 g/mol. The van der Waals surface area contributed by atoms with Gasteiger partial charge in [-0.15, -0.1) is 0 Å². The second kappa shape index (κ2) is 10.4. The number of benzene rings is 2. The highest BCUT2D eigenvalue weighted by atomic mass is 16.7. The fourth-order valence-electron chi connectivity index (χ4n) is 3.93. The van der Waals surface area contributed by atoms with Gasteiger partial charge in [0.15, 0.2) is 18.1 Å². The smallest absolute Gasteiger partial charge is 0.331 e. The van der Waals surface area contributed by atoms with Gasteiger partial charge in [-0.2, -0.15) is 0 Å². The van der Waals surface area contributed by atoms with Gasteiger partial charge in [-0.25, -0.2) is 4.79 Å². The third-order valence-electron chi connectivity index (χ3n) is 5.84. The average Bonchev–Trinajstić information content (AvgIpc) is 3.45. The number of aryl methyl sites for hydroxylation is 1. The first kappa shape index (κ1) is 23.9. The largest absolute Gasteiger partial charge is 0.497 e. The van der Waals surface area contributed by atoms with Gasteiger partial charge >= 0.3 is 5.97 Å². The third kappa shape index (κ3) is 5.32. The summed E-state index contributed by atoms with van der Waals surface area (Å²) in [5, 5.41) is 0. The van der Waals surface area contributed by atoms with Crippen LogP contribution in [0.3, 0.4) is 0 Å². The van der Waals surface area contributed by atoms with E-state index in [1.807, 2.05) is 42.7 Å². The second-order valence-electron chi connectivity index (χ2n) is 8.03. The lowest BCUT2D eigenvalue weighted by Gasteiger charge is -2.11. The van der Waals surface area contributed by atoms with Gasteiger partial charge in [0.25, 0.3) is 0 Å². The molecule has 0 spiro atoms. The molecule has 0 saturated carbocycles. The van der Waals surface area contributed by atoms with Crippen LogP contribution in [0, 0.1) is 13.8 Å². The standard InChI is InChI=1S/C27H27NO7/c1-17-11-22(18(2)28(17)14-19-5-9-24-26(12-19)35-16-34-24)23(29)15-33-27(30)10-7-20-6-8-21(31-3)13-25(20)32-4/h5-13H,14-16H2,1-4H3. The van der Waals surface area contributed by atoms with E-state index in [9.17, 15) is 9.59 Å². The monoisotopic (exact) mass is 477 g/mol. The topological polar surface area (TPSA) is 85.2 Å². The molecule has 8 nitrogen and oxygen atoms in total. The van der Waals surface area contributed by atoms with Crippen LogP contribution in [-0.4, -0.2) is 43.9 Å². The number of hydrogen-bond donors (Lipinski definition) is 0. The Morgan fingerprint density at radius 2 is 1.80 bits per heavy atom. The molecule has 182 valence electrons. The maximum Gasteiger partial charge on any atom is 0.331 e. The number of Topliss-reactive ketones (excluding diaryl/α,β-unsaturated/α-hetero) is 1. The van der Waals surface area contributed by atoms with Crippen molar-refractivity contribution in [1.82, 2.24) is 4.57 Å². The number of carbonyl (C=O) groups is 2. The molecule has 8 heteroatoms. The van der Waals surface area contributed by atoms with Crippen LogP contribution in [0.5, 0.6) is 23.0 Å². The van der Waals surface area contributed by atoms with Crippen LogP contribution in [0.15, 0.2) is 48.5 Å². The van der Waals surface area contributed by atoms with Gasteiger partial charge in [0.05, 0.1) is 14.2 Å². The first-order valence-electron chi connectivity index (χ1n) is 11.0. The van der Waals surface area contributed by atoms with Crippen molar-refractivity contribution in [2.24, 2.45) is 0 Å². The van der Waals surface area contributed by atoms with E-state index in [1.54, 1.807) is 31.4 Å². The van der Waals surface area contributed by atoms with E-state index < -0.39 is 5.97 Å². The van der Waals surface area contributed by atoms with Crippen molar-refractivity contribution >= 4 is 17.8 Å². The number of hydrogen-bond acceptors (Lipinski definition) is 7. The minimum atomic E-state index is -0.620. The molecule has 1 aromatic heterocycles. The zero-order valence-electron chi connectivity index (χ0n) is 20.1. The van der Waals surface area contributed by atoms with Crippen LogP contribution in [0.1, 0.15) is 32.9 Å². The van der Waals surface area contributed by atoms with E-state index in [-0.39, 0.29) is 19.2 Å². The lowest BCUT2D eigenvalue weighted by atomic mass is 10.1. The van der Waals surface area contributed by atoms with Gasteiger partial charge in [-0.05, 0) is 55.8 Å². The van der Waals surface area contributed by atoms with Gasteiger partial charge < -0.3 is 28.3 Å². The van der Waals surface area contributed by atoms with Gasteiger partial charge in [0.1, 0.15) is 11.5 Å². The Labute approximate surface area is 203 Å². The summed E-state index contributed by atoms with van der Waals surface area (Å²) < 4.78 is 28.5. The van der Waals surface area contributed by atoms with Crippen LogP contribution in [0.25, 0.3) is 6.08 Å². The number of carbonyl (C=O) groups excluding carboxylic acids is 2. The predicted octanol–water partition coefficient (Wildman–Crippen LogP) is 4.34. The predicted molar refractivity (Wildman–Crippen MR) is 129 cm³/mol. The highest BCUT2D eigenvalue weighted by Crippen LogP contribution is 2.33. The Morgan fingerprint density at radius 3 is 2.57 bits per heavy atom. The Balaban J connectivity index is 1.39. The van der Waals surface area contributed by atoms with Gasteiger partial charge in [-0.3, -0.25) is 4.79 Å². The minimum Gasteiger partial charge on any atom is -0.497 e. The van der Waals surface area contributed by atoms with Crippen LogP contribution >= 0.6 is 0 Å². The molecule has 1 aliphatic heterocycles. The van der Waals surface area contributed by atoms with Gasteiger partial charge in [-0.1, -0.05) is 6.07 Å². The third-order valence-corrected chi connectivity index (χ3v) is 5.84. The molecule has 2 heterocycles. The number of nitrogens with zero attached hydrogens (tertiary/aromatic N) is 1. The first-order valence-corrected chi connectivity index (χ1v) is 11.0. The SMILES string of the molecule is COc1ccc(C=CC(=O)OCC(=O)c2cc(C)n(Cc3ccc4c(c3)OCO4)c2C)c(OC)c1. The van der Waals surface area contributed by atoms with E-state index in [0.29, 0.717) is 34.9 Å². The zero-order chi connectivity index (χ0) is 24.9. The molecular formula is C27H27NO7. The van der Waals surface area contributed by atoms with Crippen molar-refractivity contribution in [2.75, 3.05) is 27.6 Å². The number of rotatable bonds is 9. The Hall–Kier alpha value is -4.20. The summed E-state index contributed by atoms with van der Waals surface area (Å²) in [5.74, 6) is 1.76. The fourth-order valence-corrected chi connectivity index (χ4v) is 3.93. The van der Waals surface area contributed by atoms with E-state index in [2.05, 4.69) is 0 Å². The minimum absolute atomic E-state index is 0.223. The van der Waals surface area contributed by atoms with E-state index in [0.717, 1.165) is 22.7 Å². The molecule has 3 aromatic rings. The number of esters is 1. The summed E-state index contributed by atoms with van der Waals surface area (Å²) in [6.45, 7) is 4.27. The molecule has 35 heavy (non-hydrogen) atoms. The molecule has 0 aliphatic carbocycles. The van der Waals surface area contributed by atoms with E-state index in [4.69, 9.17) is 23.7 Å². The molecule has 0 saturated heterocycles. The fraction of sp³-hybridized carbons (Fsp3) is 0.259.